The molecule has 0 saturated carbocycles. The fraction of sp³-hybridized carbons (Fsp3) is 0.429. The quantitative estimate of drug-likeness (QED) is 0.401. The van der Waals surface area contributed by atoms with Crippen molar-refractivity contribution in [3.8, 4) is 5.75 Å². The molecule has 1 rings (SSSR count). The normalized spacial score (nSPS) is 10.0. The predicted octanol–water partition coefficient (Wildman–Crippen LogP) is 2.05. The second kappa shape index (κ2) is 9.36. The maximum absolute atomic E-state index is 11.9. The zero-order valence-electron chi connectivity index (χ0n) is 11.9. The second-order valence-corrected chi connectivity index (χ2v) is 4.60. The molecule has 1 aromatic carbocycles. The summed E-state index contributed by atoms with van der Waals surface area (Å²) in [4.78, 5) is 23.6. The third kappa shape index (κ3) is 5.02. The van der Waals surface area contributed by atoms with Crippen molar-refractivity contribution in [1.82, 2.24) is 0 Å². The summed E-state index contributed by atoms with van der Waals surface area (Å²) < 4.78 is 20.1. The third-order valence-corrected chi connectivity index (χ3v) is 2.85. The van der Waals surface area contributed by atoms with Crippen LogP contribution in [0.1, 0.15) is 20.7 Å². The highest BCUT2D eigenvalue weighted by molar-refractivity contribution is 9.09. The molecule has 7 heteroatoms. The number of alkyl halides is 1. The van der Waals surface area contributed by atoms with E-state index in [-0.39, 0.29) is 23.5 Å². The van der Waals surface area contributed by atoms with Crippen molar-refractivity contribution >= 4 is 27.9 Å². The standard InChI is InChI=1S/C14H17BrO6/c1-18-13(16)10-4-3-5-11(12(10)14(17)19-2)21-9-8-20-7-6-15/h3-5H,6-9H2,1-2H3. The van der Waals surface area contributed by atoms with Gasteiger partial charge in [-0.3, -0.25) is 0 Å². The first-order chi connectivity index (χ1) is 10.2. The summed E-state index contributed by atoms with van der Waals surface area (Å²) in [6.07, 6.45) is 0. The van der Waals surface area contributed by atoms with Gasteiger partial charge in [-0.1, -0.05) is 22.0 Å². The van der Waals surface area contributed by atoms with E-state index in [0.717, 1.165) is 5.33 Å². The fourth-order valence-corrected chi connectivity index (χ4v) is 1.84. The molecule has 0 amide bonds. The molecule has 0 aromatic heterocycles. The summed E-state index contributed by atoms with van der Waals surface area (Å²) in [6, 6.07) is 4.67. The van der Waals surface area contributed by atoms with Crippen molar-refractivity contribution in [2.75, 3.05) is 39.4 Å². The van der Waals surface area contributed by atoms with Gasteiger partial charge >= 0.3 is 11.9 Å². The zero-order chi connectivity index (χ0) is 15.7. The number of methoxy groups -OCH3 is 2. The highest BCUT2D eigenvalue weighted by Crippen LogP contribution is 2.24. The van der Waals surface area contributed by atoms with Gasteiger partial charge in [0.2, 0.25) is 0 Å². The SMILES string of the molecule is COC(=O)c1cccc(OCCOCCBr)c1C(=O)OC. The molecule has 0 unspecified atom stereocenters. The molecule has 0 aliphatic carbocycles. The maximum atomic E-state index is 11.9. The van der Waals surface area contributed by atoms with Gasteiger partial charge in [-0.15, -0.1) is 0 Å². The number of hydrogen-bond donors (Lipinski definition) is 0. The second-order valence-electron chi connectivity index (χ2n) is 3.81. The smallest absolute Gasteiger partial charge is 0.342 e. The molecule has 0 atom stereocenters. The Kier molecular flexibility index (Phi) is 7.78. The summed E-state index contributed by atoms with van der Waals surface area (Å²) in [7, 11) is 2.48. The van der Waals surface area contributed by atoms with Crippen LogP contribution >= 0.6 is 15.9 Å². The van der Waals surface area contributed by atoms with Crippen molar-refractivity contribution < 1.29 is 28.5 Å². The van der Waals surface area contributed by atoms with E-state index in [0.29, 0.717) is 13.2 Å². The summed E-state index contributed by atoms with van der Waals surface area (Å²) in [5.41, 5.74) is 0.149. The summed E-state index contributed by atoms with van der Waals surface area (Å²) in [6.45, 7) is 1.19. The number of carbonyl (C=O) groups excluding carboxylic acids is 2. The van der Waals surface area contributed by atoms with Crippen LogP contribution in [0.5, 0.6) is 5.75 Å². The molecule has 6 nitrogen and oxygen atoms in total. The minimum atomic E-state index is -0.660. The van der Waals surface area contributed by atoms with Gasteiger partial charge in [0, 0.05) is 5.33 Å². The van der Waals surface area contributed by atoms with E-state index in [4.69, 9.17) is 14.2 Å². The molecule has 21 heavy (non-hydrogen) atoms. The van der Waals surface area contributed by atoms with Crippen LogP contribution in [0.2, 0.25) is 0 Å². The highest BCUT2D eigenvalue weighted by atomic mass is 79.9. The third-order valence-electron chi connectivity index (χ3n) is 2.53. The van der Waals surface area contributed by atoms with Crippen molar-refractivity contribution in [2.24, 2.45) is 0 Å². The number of hydrogen-bond acceptors (Lipinski definition) is 6. The van der Waals surface area contributed by atoms with Crippen molar-refractivity contribution in [2.45, 2.75) is 0 Å². The lowest BCUT2D eigenvalue weighted by Gasteiger charge is -2.13. The van der Waals surface area contributed by atoms with Crippen molar-refractivity contribution in [3.63, 3.8) is 0 Å². The van der Waals surface area contributed by atoms with Gasteiger partial charge in [-0.05, 0) is 12.1 Å². The van der Waals surface area contributed by atoms with Gasteiger partial charge in [-0.25, -0.2) is 9.59 Å². The average Bonchev–Trinajstić information content (AvgIpc) is 2.52. The van der Waals surface area contributed by atoms with Gasteiger partial charge in [0.15, 0.2) is 0 Å². The van der Waals surface area contributed by atoms with Crippen LogP contribution in [0.3, 0.4) is 0 Å². The lowest BCUT2D eigenvalue weighted by atomic mass is 10.1. The number of benzene rings is 1. The molecule has 0 N–H and O–H groups in total. The molecule has 0 aliphatic heterocycles. The largest absolute Gasteiger partial charge is 0.490 e. The minimum Gasteiger partial charge on any atom is -0.490 e. The van der Waals surface area contributed by atoms with E-state index in [2.05, 4.69) is 20.7 Å². The summed E-state index contributed by atoms with van der Waals surface area (Å²) in [5, 5.41) is 0.734. The lowest BCUT2D eigenvalue weighted by molar-refractivity contribution is 0.0548. The summed E-state index contributed by atoms with van der Waals surface area (Å²) >= 11 is 3.24. The van der Waals surface area contributed by atoms with E-state index in [9.17, 15) is 9.59 Å². The molecule has 0 spiro atoms. The molecule has 0 saturated heterocycles. The highest BCUT2D eigenvalue weighted by Gasteiger charge is 2.23. The van der Waals surface area contributed by atoms with Crippen LogP contribution < -0.4 is 4.74 Å². The lowest BCUT2D eigenvalue weighted by Crippen LogP contribution is -2.15. The van der Waals surface area contributed by atoms with Crippen LogP contribution in [0.15, 0.2) is 18.2 Å². The Morgan fingerprint density at radius 2 is 1.76 bits per heavy atom. The minimum absolute atomic E-state index is 0.0485. The number of rotatable bonds is 8. The molecule has 0 heterocycles. The van der Waals surface area contributed by atoms with E-state index in [1.165, 1.54) is 20.3 Å². The van der Waals surface area contributed by atoms with Gasteiger partial charge in [-0.2, -0.15) is 0 Å². The molecule has 0 fully saturated rings. The Bertz CT molecular complexity index is 488. The topological polar surface area (TPSA) is 71.1 Å². The first kappa shape index (κ1) is 17.5. The maximum Gasteiger partial charge on any atom is 0.342 e. The molecule has 0 radical (unpaired) electrons. The van der Waals surface area contributed by atoms with Gasteiger partial charge in [0.1, 0.15) is 17.9 Å². The van der Waals surface area contributed by atoms with Crippen LogP contribution in [-0.2, 0) is 14.2 Å². The molecule has 0 aliphatic rings. The zero-order valence-corrected chi connectivity index (χ0v) is 13.5. The Balaban J connectivity index is 2.91. The molecular weight excluding hydrogens is 344 g/mol. The number of carbonyl (C=O) groups is 2. The number of esters is 2. The van der Waals surface area contributed by atoms with Crippen LogP contribution in [0.25, 0.3) is 0 Å². The van der Waals surface area contributed by atoms with Gasteiger partial charge in [0.25, 0.3) is 0 Å². The first-order valence-corrected chi connectivity index (χ1v) is 7.34. The van der Waals surface area contributed by atoms with E-state index in [1.54, 1.807) is 12.1 Å². The van der Waals surface area contributed by atoms with Crippen molar-refractivity contribution in [1.29, 1.82) is 0 Å². The Morgan fingerprint density at radius 3 is 2.38 bits per heavy atom. The fourth-order valence-electron chi connectivity index (χ4n) is 1.61. The van der Waals surface area contributed by atoms with Crippen LogP contribution in [0, 0.1) is 0 Å². The van der Waals surface area contributed by atoms with Gasteiger partial charge < -0.3 is 18.9 Å². The van der Waals surface area contributed by atoms with E-state index >= 15 is 0 Å². The average molecular weight is 361 g/mol. The predicted molar refractivity (Wildman–Crippen MR) is 79.2 cm³/mol. The number of halogens is 1. The van der Waals surface area contributed by atoms with E-state index in [1.807, 2.05) is 0 Å². The van der Waals surface area contributed by atoms with Crippen LogP contribution in [-0.4, -0.2) is 51.3 Å². The number of ether oxygens (including phenoxy) is 4. The van der Waals surface area contributed by atoms with Crippen LogP contribution in [0.4, 0.5) is 0 Å². The molecule has 1 aromatic rings. The Labute approximate surface area is 131 Å². The molecular formula is C14H17BrO6. The van der Waals surface area contributed by atoms with Crippen molar-refractivity contribution in [3.05, 3.63) is 29.3 Å². The van der Waals surface area contributed by atoms with E-state index < -0.39 is 11.9 Å². The Hall–Kier alpha value is -1.60. The molecule has 0 bridgehead atoms. The molecule has 116 valence electrons. The monoisotopic (exact) mass is 360 g/mol. The Morgan fingerprint density at radius 1 is 1.05 bits per heavy atom. The first-order valence-electron chi connectivity index (χ1n) is 6.21. The summed E-state index contributed by atoms with van der Waals surface area (Å²) in [5.74, 6) is -1.03. The van der Waals surface area contributed by atoms with Gasteiger partial charge in [0.05, 0.1) is 33.0 Å².